The van der Waals surface area contributed by atoms with E-state index in [1.54, 1.807) is 58.0 Å². The number of nitrogens with one attached hydrogen (secondary N) is 5. The van der Waals surface area contributed by atoms with E-state index in [0.717, 1.165) is 4.90 Å². The van der Waals surface area contributed by atoms with Crippen molar-refractivity contribution in [3.05, 3.63) is 35.9 Å². The second-order valence-corrected chi connectivity index (χ2v) is 15.2. The van der Waals surface area contributed by atoms with E-state index in [1.807, 2.05) is 0 Å². The summed E-state index contributed by atoms with van der Waals surface area (Å²) in [5.41, 5.74) is 17.2. The molecule has 322 valence electrons. The number of carboxylic acids is 1. The Morgan fingerprint density at radius 2 is 1.21 bits per heavy atom. The molecule has 58 heavy (non-hydrogen) atoms. The molecule has 0 aliphatic carbocycles. The highest BCUT2D eigenvalue weighted by Gasteiger charge is 2.39. The SMILES string of the molecule is CC(C)C[C@H](NC(=O)[C@H](CC(C)C)NC(=O)[C@H](Cc1ccccc1)NC(=O)[C@@H](N)CO)C(=O)N[C@@H](CCC(=O)O)C(=O)N[C@@H](CC(N)=O)C(=O)N1CCC[C@H]1C(N)=O. The van der Waals surface area contributed by atoms with Gasteiger partial charge in [0.2, 0.25) is 47.3 Å². The van der Waals surface area contributed by atoms with Crippen LogP contribution in [0.1, 0.15) is 78.2 Å². The number of primary amides is 2. The summed E-state index contributed by atoms with van der Waals surface area (Å²) in [4.78, 5) is 118. The van der Waals surface area contributed by atoms with E-state index in [4.69, 9.17) is 17.2 Å². The van der Waals surface area contributed by atoms with Crippen LogP contribution in [-0.2, 0) is 49.6 Å². The van der Waals surface area contributed by atoms with Crippen LogP contribution in [0.15, 0.2) is 30.3 Å². The molecule has 1 aromatic carbocycles. The monoisotopic (exact) mass is 817 g/mol. The Kier molecular flexibility index (Phi) is 19.7. The maximum absolute atomic E-state index is 13.9. The van der Waals surface area contributed by atoms with Gasteiger partial charge in [0.15, 0.2) is 0 Å². The number of carboxylic acid groups (broad SMARTS) is 1. The van der Waals surface area contributed by atoms with Crippen molar-refractivity contribution in [2.24, 2.45) is 29.0 Å². The average Bonchev–Trinajstić information content (AvgIpc) is 3.65. The van der Waals surface area contributed by atoms with Gasteiger partial charge in [-0.05, 0) is 49.5 Å². The number of carbonyl (C=O) groups excluding carboxylic acids is 8. The summed E-state index contributed by atoms with van der Waals surface area (Å²) >= 11 is 0. The van der Waals surface area contributed by atoms with Gasteiger partial charge >= 0.3 is 5.97 Å². The molecule has 20 nitrogen and oxygen atoms in total. The minimum Gasteiger partial charge on any atom is -0.481 e. The predicted molar refractivity (Wildman–Crippen MR) is 208 cm³/mol. The number of aliphatic carboxylic acids is 1. The molecule has 1 aliphatic rings. The number of aliphatic hydroxyl groups is 1. The van der Waals surface area contributed by atoms with Crippen LogP contribution in [0.5, 0.6) is 0 Å². The number of hydrogen-bond donors (Lipinski definition) is 10. The number of aliphatic hydroxyl groups excluding tert-OH is 1. The molecular formula is C38H59N9O11. The second kappa shape index (κ2) is 23.6. The van der Waals surface area contributed by atoms with E-state index in [0.29, 0.717) is 12.0 Å². The third kappa shape index (κ3) is 16.1. The van der Waals surface area contributed by atoms with Gasteiger partial charge in [0.05, 0.1) is 13.0 Å². The molecule has 1 aliphatic heterocycles. The highest BCUT2D eigenvalue weighted by molar-refractivity contribution is 5.98. The summed E-state index contributed by atoms with van der Waals surface area (Å²) in [6, 6.07) is -0.480. The quantitative estimate of drug-likeness (QED) is 0.0509. The minimum absolute atomic E-state index is 0.0143. The van der Waals surface area contributed by atoms with Crippen molar-refractivity contribution in [1.29, 1.82) is 0 Å². The van der Waals surface area contributed by atoms with E-state index in [2.05, 4.69) is 26.6 Å². The number of nitrogens with zero attached hydrogens (tertiary/aromatic N) is 1. The molecule has 2 rings (SSSR count). The summed E-state index contributed by atoms with van der Waals surface area (Å²) in [5, 5.41) is 31.5. The van der Waals surface area contributed by atoms with Crippen molar-refractivity contribution in [3.8, 4) is 0 Å². The molecule has 20 heteroatoms. The van der Waals surface area contributed by atoms with Crippen LogP contribution >= 0.6 is 0 Å². The Morgan fingerprint density at radius 3 is 1.69 bits per heavy atom. The molecule has 1 heterocycles. The first kappa shape index (κ1) is 48.5. The van der Waals surface area contributed by atoms with Crippen molar-refractivity contribution >= 4 is 53.2 Å². The second-order valence-electron chi connectivity index (χ2n) is 15.2. The lowest BCUT2D eigenvalue weighted by atomic mass is 9.98. The fraction of sp³-hybridized carbons (Fsp3) is 0.605. The predicted octanol–water partition coefficient (Wildman–Crippen LogP) is -2.72. The molecular weight excluding hydrogens is 758 g/mol. The number of hydrogen-bond acceptors (Lipinski definition) is 11. The molecule has 1 aromatic rings. The Balaban J connectivity index is 2.36. The number of amides is 8. The maximum atomic E-state index is 13.9. The van der Waals surface area contributed by atoms with Crippen LogP contribution in [0.2, 0.25) is 0 Å². The summed E-state index contributed by atoms with van der Waals surface area (Å²) in [6.07, 6.45) is -0.885. The van der Waals surface area contributed by atoms with E-state index in [-0.39, 0.29) is 44.1 Å². The standard InChI is InChI=1S/C38H59N9O11/c1-20(2)15-25(44-36(56)26(16-21(3)4)45-37(57)27(43-33(53)23(39)19-48)17-22-9-6-5-7-10-22)35(55)42-24(12-13-31(50)51)34(54)46-28(18-30(40)49)38(58)47-14-8-11-29(47)32(41)52/h5-7,9-10,20-21,23-29,48H,8,11-19,39H2,1-4H3,(H2,40,49)(H2,41,52)(H,42,55)(H,43,53)(H,44,56)(H,45,57)(H,46,54)(H,50,51)/t23-,24-,25-,26-,27-,28-,29-/m0/s1. The van der Waals surface area contributed by atoms with Crippen molar-refractivity contribution in [3.63, 3.8) is 0 Å². The van der Waals surface area contributed by atoms with E-state index in [9.17, 15) is 53.4 Å². The van der Waals surface area contributed by atoms with Crippen LogP contribution in [-0.4, -0.2) is 124 Å². The van der Waals surface area contributed by atoms with Crippen molar-refractivity contribution in [2.45, 2.75) is 121 Å². The topological polar surface area (TPSA) is 336 Å². The van der Waals surface area contributed by atoms with Crippen LogP contribution in [0.25, 0.3) is 0 Å². The summed E-state index contributed by atoms with van der Waals surface area (Å²) in [7, 11) is 0. The van der Waals surface area contributed by atoms with Gasteiger partial charge in [0, 0.05) is 19.4 Å². The lowest BCUT2D eigenvalue weighted by Gasteiger charge is -2.29. The molecule has 1 saturated heterocycles. The number of likely N-dealkylation sites (tertiary alicyclic amines) is 1. The fourth-order valence-electron chi connectivity index (χ4n) is 6.38. The van der Waals surface area contributed by atoms with Gasteiger partial charge in [-0.2, -0.15) is 0 Å². The van der Waals surface area contributed by atoms with Crippen molar-refractivity contribution in [1.82, 2.24) is 31.5 Å². The zero-order valence-corrected chi connectivity index (χ0v) is 33.4. The lowest BCUT2D eigenvalue weighted by Crippen LogP contribution is -2.60. The Hall–Kier alpha value is -5.63. The molecule has 0 saturated carbocycles. The van der Waals surface area contributed by atoms with E-state index in [1.165, 1.54) is 0 Å². The lowest BCUT2D eigenvalue weighted by molar-refractivity contribution is -0.142. The fourth-order valence-corrected chi connectivity index (χ4v) is 6.38. The molecule has 7 atom stereocenters. The highest BCUT2D eigenvalue weighted by Crippen LogP contribution is 2.19. The molecule has 0 aromatic heterocycles. The number of rotatable bonds is 24. The van der Waals surface area contributed by atoms with Crippen LogP contribution in [0.4, 0.5) is 0 Å². The third-order valence-corrected chi connectivity index (χ3v) is 9.29. The van der Waals surface area contributed by atoms with Crippen LogP contribution in [0, 0.1) is 11.8 Å². The van der Waals surface area contributed by atoms with Crippen LogP contribution < -0.4 is 43.8 Å². The van der Waals surface area contributed by atoms with Gasteiger partial charge in [-0.25, -0.2) is 0 Å². The van der Waals surface area contributed by atoms with Gasteiger partial charge in [-0.3, -0.25) is 43.2 Å². The summed E-state index contributed by atoms with van der Waals surface area (Å²) < 4.78 is 0. The Labute approximate surface area is 337 Å². The summed E-state index contributed by atoms with van der Waals surface area (Å²) in [6.45, 7) is 6.57. The third-order valence-electron chi connectivity index (χ3n) is 9.29. The Bertz CT molecular complexity index is 1630. The number of carbonyl (C=O) groups is 9. The van der Waals surface area contributed by atoms with Gasteiger partial charge in [0.25, 0.3) is 0 Å². The minimum atomic E-state index is -1.58. The first-order chi connectivity index (χ1) is 27.2. The number of benzene rings is 1. The smallest absolute Gasteiger partial charge is 0.303 e. The molecule has 0 bridgehead atoms. The summed E-state index contributed by atoms with van der Waals surface area (Å²) in [5.74, 6) is -8.47. The molecule has 8 amide bonds. The first-order valence-corrected chi connectivity index (χ1v) is 19.3. The Morgan fingerprint density at radius 1 is 0.724 bits per heavy atom. The van der Waals surface area contributed by atoms with Crippen LogP contribution in [0.3, 0.4) is 0 Å². The zero-order valence-electron chi connectivity index (χ0n) is 33.4. The van der Waals surface area contributed by atoms with Crippen molar-refractivity contribution in [2.75, 3.05) is 13.2 Å². The van der Waals surface area contributed by atoms with Gasteiger partial charge in [-0.1, -0.05) is 58.0 Å². The molecule has 13 N–H and O–H groups in total. The maximum Gasteiger partial charge on any atom is 0.303 e. The largest absolute Gasteiger partial charge is 0.481 e. The van der Waals surface area contributed by atoms with Gasteiger partial charge in [-0.15, -0.1) is 0 Å². The molecule has 0 spiro atoms. The van der Waals surface area contributed by atoms with E-state index < -0.39 is 121 Å². The molecule has 0 radical (unpaired) electrons. The van der Waals surface area contributed by atoms with Gasteiger partial charge in [0.1, 0.15) is 42.3 Å². The van der Waals surface area contributed by atoms with Gasteiger partial charge < -0.3 is 58.9 Å². The normalized spacial score (nSPS) is 16.9. The molecule has 1 fully saturated rings. The highest BCUT2D eigenvalue weighted by atomic mass is 16.4. The van der Waals surface area contributed by atoms with E-state index >= 15 is 0 Å². The molecule has 0 unspecified atom stereocenters. The first-order valence-electron chi connectivity index (χ1n) is 19.3. The zero-order chi connectivity index (χ0) is 43.7. The number of nitrogens with two attached hydrogens (primary N) is 3. The van der Waals surface area contributed by atoms with Crippen molar-refractivity contribution < 1.29 is 53.4 Å². The average molecular weight is 818 g/mol.